The average Bonchev–Trinajstić information content (AvgIpc) is 3.02. The van der Waals surface area contributed by atoms with Gasteiger partial charge in [-0.25, -0.2) is 4.79 Å². The first-order chi connectivity index (χ1) is 12.6. The summed E-state index contributed by atoms with van der Waals surface area (Å²) in [6.07, 6.45) is 3.76. The van der Waals surface area contributed by atoms with Crippen molar-refractivity contribution in [2.45, 2.75) is 32.7 Å². The maximum atomic E-state index is 11.0. The largest absolute Gasteiger partial charge is 0.477 e. The van der Waals surface area contributed by atoms with Crippen LogP contribution in [-0.2, 0) is 13.0 Å². The summed E-state index contributed by atoms with van der Waals surface area (Å²) in [4.78, 5) is 15.1. The molecule has 140 valence electrons. The summed E-state index contributed by atoms with van der Waals surface area (Å²) < 4.78 is 0. The maximum Gasteiger partial charge on any atom is 0.345 e. The van der Waals surface area contributed by atoms with Crippen molar-refractivity contribution in [3.8, 4) is 0 Å². The number of rotatable bonds is 8. The van der Waals surface area contributed by atoms with E-state index in [1.54, 1.807) is 6.07 Å². The van der Waals surface area contributed by atoms with Gasteiger partial charge in [-0.15, -0.1) is 11.3 Å². The van der Waals surface area contributed by atoms with Crippen molar-refractivity contribution in [3.05, 3.63) is 57.3 Å². The van der Waals surface area contributed by atoms with Crippen LogP contribution in [0, 0.1) is 12.8 Å². The Bertz CT molecular complexity index is 706. The summed E-state index contributed by atoms with van der Waals surface area (Å²) in [5.74, 6) is -0.0208. The van der Waals surface area contributed by atoms with Gasteiger partial charge in [-0.05, 0) is 62.4 Å². The minimum Gasteiger partial charge on any atom is -0.477 e. The molecule has 0 radical (unpaired) electrons. The molecule has 1 fully saturated rings. The molecule has 1 aliphatic heterocycles. The van der Waals surface area contributed by atoms with Gasteiger partial charge in [0.05, 0.1) is 0 Å². The second kappa shape index (κ2) is 9.31. The van der Waals surface area contributed by atoms with Gasteiger partial charge in [0, 0.05) is 24.5 Å². The number of nitrogens with zero attached hydrogens (tertiary/aromatic N) is 1. The Hall–Kier alpha value is -1.69. The van der Waals surface area contributed by atoms with E-state index < -0.39 is 5.97 Å². The van der Waals surface area contributed by atoms with E-state index in [1.165, 1.54) is 49.3 Å². The van der Waals surface area contributed by atoms with Crippen LogP contribution in [0.4, 0.5) is 0 Å². The Morgan fingerprint density at radius 1 is 1.27 bits per heavy atom. The fourth-order valence-corrected chi connectivity index (χ4v) is 4.58. The first kappa shape index (κ1) is 19.1. The van der Waals surface area contributed by atoms with Crippen molar-refractivity contribution in [2.24, 2.45) is 5.92 Å². The molecular weight excluding hydrogens is 344 g/mol. The normalized spacial score (nSPS) is 16.0. The molecule has 5 heteroatoms. The first-order valence-corrected chi connectivity index (χ1v) is 10.2. The monoisotopic (exact) mass is 372 g/mol. The van der Waals surface area contributed by atoms with Gasteiger partial charge < -0.3 is 15.3 Å². The van der Waals surface area contributed by atoms with Crippen LogP contribution in [0.25, 0.3) is 0 Å². The molecule has 0 spiro atoms. The van der Waals surface area contributed by atoms with Crippen molar-refractivity contribution in [1.82, 2.24) is 10.2 Å². The number of aryl methyl sites for hydroxylation is 1. The molecule has 0 amide bonds. The SMILES string of the molecule is Cc1cc(C(=O)O)sc1CNCCN1CCC(Cc2ccccc2)CC1. The standard InChI is InChI=1S/C21H28N2O2S/c1-16-13-19(21(24)25)26-20(16)15-22-9-12-23-10-7-18(8-11-23)14-17-5-3-2-4-6-17/h2-6,13,18,22H,7-12,14-15H2,1H3,(H,24,25). The van der Waals surface area contributed by atoms with Crippen LogP contribution in [0.2, 0.25) is 0 Å². The van der Waals surface area contributed by atoms with E-state index in [4.69, 9.17) is 5.11 Å². The summed E-state index contributed by atoms with van der Waals surface area (Å²) in [6, 6.07) is 12.6. The number of carboxylic acids is 1. The van der Waals surface area contributed by atoms with Gasteiger partial charge in [0.2, 0.25) is 0 Å². The number of piperidine rings is 1. The second-order valence-electron chi connectivity index (χ2n) is 7.17. The highest BCUT2D eigenvalue weighted by Gasteiger charge is 2.19. The highest BCUT2D eigenvalue weighted by molar-refractivity contribution is 7.14. The van der Waals surface area contributed by atoms with E-state index in [-0.39, 0.29) is 0 Å². The van der Waals surface area contributed by atoms with Crippen LogP contribution < -0.4 is 5.32 Å². The van der Waals surface area contributed by atoms with E-state index in [9.17, 15) is 4.79 Å². The van der Waals surface area contributed by atoms with Gasteiger partial charge in [0.1, 0.15) is 4.88 Å². The molecule has 1 aromatic heterocycles. The zero-order valence-electron chi connectivity index (χ0n) is 15.4. The number of thiophene rings is 1. The van der Waals surface area contributed by atoms with Gasteiger partial charge in [0.25, 0.3) is 0 Å². The Labute approximate surface area is 159 Å². The lowest BCUT2D eigenvalue weighted by Gasteiger charge is -2.32. The predicted molar refractivity (Wildman–Crippen MR) is 107 cm³/mol. The zero-order chi connectivity index (χ0) is 18.4. The summed E-state index contributed by atoms with van der Waals surface area (Å²) in [6.45, 7) is 7.11. The molecule has 0 aliphatic carbocycles. The minimum atomic E-state index is -0.831. The molecule has 0 saturated carbocycles. The molecule has 0 bridgehead atoms. The number of likely N-dealkylation sites (tertiary alicyclic amines) is 1. The van der Waals surface area contributed by atoms with E-state index >= 15 is 0 Å². The fraction of sp³-hybridized carbons (Fsp3) is 0.476. The molecular formula is C21H28N2O2S. The van der Waals surface area contributed by atoms with Crippen LogP contribution in [0.5, 0.6) is 0 Å². The number of hydrogen-bond acceptors (Lipinski definition) is 4. The van der Waals surface area contributed by atoms with Crippen molar-refractivity contribution in [1.29, 1.82) is 0 Å². The van der Waals surface area contributed by atoms with Gasteiger partial charge in [-0.2, -0.15) is 0 Å². The number of carbonyl (C=O) groups is 1. The van der Waals surface area contributed by atoms with Crippen molar-refractivity contribution in [2.75, 3.05) is 26.2 Å². The van der Waals surface area contributed by atoms with Gasteiger partial charge in [0.15, 0.2) is 0 Å². The van der Waals surface area contributed by atoms with Crippen LogP contribution in [-0.4, -0.2) is 42.2 Å². The molecule has 0 atom stereocenters. The van der Waals surface area contributed by atoms with E-state index in [0.717, 1.165) is 36.0 Å². The third-order valence-corrected chi connectivity index (χ3v) is 6.42. The molecule has 0 unspecified atom stereocenters. The molecule has 1 saturated heterocycles. The lowest BCUT2D eigenvalue weighted by Crippen LogP contribution is -2.38. The van der Waals surface area contributed by atoms with Crippen LogP contribution in [0.15, 0.2) is 36.4 Å². The third-order valence-electron chi connectivity index (χ3n) is 5.20. The zero-order valence-corrected chi connectivity index (χ0v) is 16.2. The fourth-order valence-electron chi connectivity index (χ4n) is 3.60. The summed E-state index contributed by atoms with van der Waals surface area (Å²) in [5, 5.41) is 12.5. The lowest BCUT2D eigenvalue weighted by atomic mass is 9.90. The molecule has 1 aliphatic rings. The highest BCUT2D eigenvalue weighted by Crippen LogP contribution is 2.22. The molecule has 3 rings (SSSR count). The molecule has 26 heavy (non-hydrogen) atoms. The van der Waals surface area contributed by atoms with Gasteiger partial charge in [-0.3, -0.25) is 0 Å². The topological polar surface area (TPSA) is 52.6 Å². The van der Waals surface area contributed by atoms with E-state index in [2.05, 4.69) is 40.5 Å². The molecule has 4 nitrogen and oxygen atoms in total. The number of aromatic carboxylic acids is 1. The van der Waals surface area contributed by atoms with Crippen LogP contribution >= 0.6 is 11.3 Å². The molecule has 2 N–H and O–H groups in total. The van der Waals surface area contributed by atoms with Crippen molar-refractivity contribution < 1.29 is 9.90 Å². The van der Waals surface area contributed by atoms with E-state index in [0.29, 0.717) is 4.88 Å². The Balaban J connectivity index is 1.33. The second-order valence-corrected chi connectivity index (χ2v) is 8.31. The summed E-state index contributed by atoms with van der Waals surface area (Å²) in [5.41, 5.74) is 2.53. The number of hydrogen-bond donors (Lipinski definition) is 2. The summed E-state index contributed by atoms with van der Waals surface area (Å²) in [7, 11) is 0. The van der Waals surface area contributed by atoms with Crippen LogP contribution in [0.3, 0.4) is 0 Å². The summed E-state index contributed by atoms with van der Waals surface area (Å²) >= 11 is 1.38. The quantitative estimate of drug-likeness (QED) is 0.692. The van der Waals surface area contributed by atoms with E-state index in [1.807, 2.05) is 6.92 Å². The third kappa shape index (κ3) is 5.40. The highest BCUT2D eigenvalue weighted by atomic mass is 32.1. The minimum absolute atomic E-state index is 0.430. The Morgan fingerprint density at radius 2 is 2.00 bits per heavy atom. The molecule has 2 aromatic rings. The number of nitrogens with one attached hydrogen (secondary N) is 1. The Morgan fingerprint density at radius 3 is 2.65 bits per heavy atom. The van der Waals surface area contributed by atoms with Crippen LogP contribution in [0.1, 0.15) is 38.5 Å². The Kier molecular flexibility index (Phi) is 6.83. The molecule has 1 aromatic carbocycles. The average molecular weight is 373 g/mol. The van der Waals surface area contributed by atoms with Crippen molar-refractivity contribution in [3.63, 3.8) is 0 Å². The first-order valence-electron chi connectivity index (χ1n) is 9.41. The molecule has 2 heterocycles. The number of benzene rings is 1. The van der Waals surface area contributed by atoms with Gasteiger partial charge in [-0.1, -0.05) is 30.3 Å². The predicted octanol–water partition coefficient (Wildman–Crippen LogP) is 3.80. The van der Waals surface area contributed by atoms with Gasteiger partial charge >= 0.3 is 5.97 Å². The maximum absolute atomic E-state index is 11.0. The smallest absolute Gasteiger partial charge is 0.345 e. The van der Waals surface area contributed by atoms with Crippen molar-refractivity contribution >= 4 is 17.3 Å². The lowest BCUT2D eigenvalue weighted by molar-refractivity contribution is 0.0702. The number of carboxylic acid groups (broad SMARTS) is 1.